The van der Waals surface area contributed by atoms with Crippen LogP contribution in [0, 0.1) is 5.41 Å². The number of rotatable bonds is 14. The van der Waals surface area contributed by atoms with E-state index in [1.165, 1.54) is 32.1 Å². The van der Waals surface area contributed by atoms with Gasteiger partial charge in [0.25, 0.3) is 0 Å². The van der Waals surface area contributed by atoms with Crippen LogP contribution in [-0.4, -0.2) is 11.1 Å². The van der Waals surface area contributed by atoms with Crippen LogP contribution in [0.15, 0.2) is 0 Å². The molecule has 0 aliphatic heterocycles. The first-order chi connectivity index (χ1) is 9.63. The van der Waals surface area contributed by atoms with Crippen molar-refractivity contribution in [2.24, 2.45) is 5.41 Å². The van der Waals surface area contributed by atoms with Crippen molar-refractivity contribution in [2.45, 2.75) is 104 Å². The van der Waals surface area contributed by atoms with Gasteiger partial charge in [0.1, 0.15) is 0 Å². The lowest BCUT2D eigenvalue weighted by Crippen LogP contribution is -2.31. The Hall–Kier alpha value is -0.530. The average molecular weight is 284 g/mol. The molecule has 2 heteroatoms. The number of carboxylic acids is 1. The third kappa shape index (κ3) is 7.91. The quantitative estimate of drug-likeness (QED) is 0.386. The lowest BCUT2D eigenvalue weighted by atomic mass is 9.74. The van der Waals surface area contributed by atoms with Gasteiger partial charge in [0, 0.05) is 0 Å². The molecule has 0 atom stereocenters. The molecule has 0 saturated carbocycles. The molecule has 0 aliphatic rings. The molecule has 0 aromatic rings. The Balaban J connectivity index is 4.51. The van der Waals surface area contributed by atoms with Crippen LogP contribution in [0.3, 0.4) is 0 Å². The summed E-state index contributed by atoms with van der Waals surface area (Å²) in [5.74, 6) is -0.541. The summed E-state index contributed by atoms with van der Waals surface area (Å²) in [6.07, 6.45) is 14.2. The second-order valence-corrected chi connectivity index (χ2v) is 6.31. The summed E-state index contributed by atoms with van der Waals surface area (Å²) >= 11 is 0. The Labute approximate surface area is 126 Å². The van der Waals surface area contributed by atoms with E-state index in [2.05, 4.69) is 20.8 Å². The highest BCUT2D eigenvalue weighted by Gasteiger charge is 2.36. The zero-order valence-corrected chi connectivity index (χ0v) is 14.0. The van der Waals surface area contributed by atoms with Crippen molar-refractivity contribution in [1.29, 1.82) is 0 Å². The summed E-state index contributed by atoms with van der Waals surface area (Å²) < 4.78 is 0. The second kappa shape index (κ2) is 12.2. The maximum absolute atomic E-state index is 11.9. The molecule has 0 bridgehead atoms. The average Bonchev–Trinajstić information content (AvgIpc) is 2.43. The first-order valence-electron chi connectivity index (χ1n) is 8.86. The van der Waals surface area contributed by atoms with Gasteiger partial charge in [-0.05, 0) is 19.3 Å². The molecule has 2 nitrogen and oxygen atoms in total. The molecule has 0 radical (unpaired) electrons. The largest absolute Gasteiger partial charge is 0.481 e. The third-order valence-electron chi connectivity index (χ3n) is 4.48. The number of aliphatic carboxylic acids is 1. The molecule has 0 unspecified atom stereocenters. The Kier molecular flexibility index (Phi) is 11.9. The van der Waals surface area contributed by atoms with Crippen molar-refractivity contribution in [2.75, 3.05) is 0 Å². The number of carboxylic acid groups (broad SMARTS) is 1. The van der Waals surface area contributed by atoms with E-state index in [0.29, 0.717) is 0 Å². The van der Waals surface area contributed by atoms with E-state index in [9.17, 15) is 9.90 Å². The Morgan fingerprint density at radius 3 is 1.40 bits per heavy atom. The molecule has 0 amide bonds. The van der Waals surface area contributed by atoms with Gasteiger partial charge in [0.2, 0.25) is 0 Å². The summed E-state index contributed by atoms with van der Waals surface area (Å²) in [4.78, 5) is 11.9. The molecule has 0 rings (SSSR count). The van der Waals surface area contributed by atoms with Crippen LogP contribution in [0.1, 0.15) is 104 Å². The molecular weight excluding hydrogens is 248 g/mol. The lowest BCUT2D eigenvalue weighted by molar-refractivity contribution is -0.150. The Morgan fingerprint density at radius 2 is 1.05 bits per heavy atom. The fourth-order valence-corrected chi connectivity index (χ4v) is 3.01. The molecule has 1 N–H and O–H groups in total. The van der Waals surface area contributed by atoms with Gasteiger partial charge in [-0.25, -0.2) is 0 Å². The normalized spacial score (nSPS) is 11.8. The first-order valence-corrected chi connectivity index (χ1v) is 8.86. The van der Waals surface area contributed by atoms with Crippen LogP contribution in [0.4, 0.5) is 0 Å². The van der Waals surface area contributed by atoms with E-state index < -0.39 is 11.4 Å². The summed E-state index contributed by atoms with van der Waals surface area (Å²) in [7, 11) is 0. The van der Waals surface area contributed by atoms with Gasteiger partial charge in [-0.15, -0.1) is 0 Å². The summed E-state index contributed by atoms with van der Waals surface area (Å²) in [5.41, 5.74) is -0.432. The molecule has 0 spiro atoms. The molecule has 0 saturated heterocycles. The zero-order valence-electron chi connectivity index (χ0n) is 14.0. The SMILES string of the molecule is CCCCCCC(CCCCC)(CCCCC)C(=O)O. The third-order valence-corrected chi connectivity index (χ3v) is 4.48. The van der Waals surface area contributed by atoms with Crippen molar-refractivity contribution in [1.82, 2.24) is 0 Å². The molecule has 0 aromatic carbocycles. The van der Waals surface area contributed by atoms with Crippen LogP contribution in [-0.2, 0) is 4.79 Å². The van der Waals surface area contributed by atoms with Crippen molar-refractivity contribution in [3.63, 3.8) is 0 Å². The van der Waals surface area contributed by atoms with Gasteiger partial charge < -0.3 is 5.11 Å². The maximum Gasteiger partial charge on any atom is 0.309 e. The zero-order chi connectivity index (χ0) is 15.3. The minimum Gasteiger partial charge on any atom is -0.481 e. The molecule has 120 valence electrons. The standard InChI is InChI=1S/C18H36O2/c1-4-7-10-13-16-18(17(19)20,14-11-8-5-2)15-12-9-6-3/h4-16H2,1-3H3,(H,19,20). The van der Waals surface area contributed by atoms with Gasteiger partial charge in [-0.1, -0.05) is 85.0 Å². The predicted molar refractivity (Wildman–Crippen MR) is 87.1 cm³/mol. The Bertz CT molecular complexity index is 226. The fourth-order valence-electron chi connectivity index (χ4n) is 3.01. The molecule has 0 heterocycles. The van der Waals surface area contributed by atoms with Crippen LogP contribution < -0.4 is 0 Å². The predicted octanol–water partition coefficient (Wildman–Crippen LogP) is 6.19. The number of hydrogen-bond donors (Lipinski definition) is 1. The monoisotopic (exact) mass is 284 g/mol. The summed E-state index contributed by atoms with van der Waals surface area (Å²) in [5, 5.41) is 9.78. The summed E-state index contributed by atoms with van der Waals surface area (Å²) in [6, 6.07) is 0. The van der Waals surface area contributed by atoms with Crippen LogP contribution in [0.5, 0.6) is 0 Å². The van der Waals surface area contributed by atoms with Gasteiger partial charge in [-0.3, -0.25) is 4.79 Å². The van der Waals surface area contributed by atoms with E-state index in [-0.39, 0.29) is 0 Å². The van der Waals surface area contributed by atoms with Crippen molar-refractivity contribution in [3.05, 3.63) is 0 Å². The molecular formula is C18H36O2. The van der Waals surface area contributed by atoms with E-state index in [0.717, 1.165) is 51.4 Å². The Morgan fingerprint density at radius 1 is 0.700 bits per heavy atom. The second-order valence-electron chi connectivity index (χ2n) is 6.31. The smallest absolute Gasteiger partial charge is 0.309 e. The highest BCUT2D eigenvalue weighted by molar-refractivity contribution is 5.74. The van der Waals surface area contributed by atoms with Gasteiger partial charge >= 0.3 is 5.97 Å². The number of carbonyl (C=O) groups is 1. The van der Waals surface area contributed by atoms with E-state index in [1.54, 1.807) is 0 Å². The molecule has 0 fully saturated rings. The summed E-state index contributed by atoms with van der Waals surface area (Å²) in [6.45, 7) is 6.56. The number of hydrogen-bond acceptors (Lipinski definition) is 1. The molecule has 0 aromatic heterocycles. The van der Waals surface area contributed by atoms with Crippen molar-refractivity contribution in [3.8, 4) is 0 Å². The topological polar surface area (TPSA) is 37.3 Å². The van der Waals surface area contributed by atoms with Crippen LogP contribution >= 0.6 is 0 Å². The van der Waals surface area contributed by atoms with Gasteiger partial charge in [0.05, 0.1) is 5.41 Å². The van der Waals surface area contributed by atoms with Gasteiger partial charge in [0.15, 0.2) is 0 Å². The van der Waals surface area contributed by atoms with E-state index in [1.807, 2.05) is 0 Å². The highest BCUT2D eigenvalue weighted by atomic mass is 16.4. The van der Waals surface area contributed by atoms with Gasteiger partial charge in [-0.2, -0.15) is 0 Å². The van der Waals surface area contributed by atoms with E-state index in [4.69, 9.17) is 0 Å². The molecule has 0 aliphatic carbocycles. The lowest BCUT2D eigenvalue weighted by Gasteiger charge is -2.30. The van der Waals surface area contributed by atoms with Crippen LogP contribution in [0.2, 0.25) is 0 Å². The first kappa shape index (κ1) is 19.5. The van der Waals surface area contributed by atoms with Crippen molar-refractivity contribution < 1.29 is 9.90 Å². The fraction of sp³-hybridized carbons (Fsp3) is 0.944. The van der Waals surface area contributed by atoms with E-state index >= 15 is 0 Å². The highest BCUT2D eigenvalue weighted by Crippen LogP contribution is 2.37. The minimum absolute atomic E-state index is 0.432. The van der Waals surface area contributed by atoms with Crippen molar-refractivity contribution >= 4 is 5.97 Å². The number of unbranched alkanes of at least 4 members (excludes halogenated alkanes) is 7. The maximum atomic E-state index is 11.9. The van der Waals surface area contributed by atoms with Crippen LogP contribution in [0.25, 0.3) is 0 Å². The minimum atomic E-state index is -0.541. The molecule has 20 heavy (non-hydrogen) atoms.